The van der Waals surface area contributed by atoms with Crippen LogP contribution < -0.4 is 5.32 Å². The molecule has 0 bridgehead atoms. The van der Waals surface area contributed by atoms with Crippen LogP contribution in [0, 0.1) is 11.3 Å². The van der Waals surface area contributed by atoms with Crippen LogP contribution >= 0.6 is 23.2 Å². The predicted octanol–water partition coefficient (Wildman–Crippen LogP) is 6.82. The summed E-state index contributed by atoms with van der Waals surface area (Å²) in [4.78, 5) is 29.4. The van der Waals surface area contributed by atoms with Gasteiger partial charge in [-0.1, -0.05) is 75.2 Å². The van der Waals surface area contributed by atoms with Gasteiger partial charge < -0.3 is 10.2 Å². The van der Waals surface area contributed by atoms with Crippen molar-refractivity contribution in [1.82, 2.24) is 10.2 Å². The third-order valence-electron chi connectivity index (χ3n) is 7.96. The van der Waals surface area contributed by atoms with Crippen molar-refractivity contribution in [2.75, 3.05) is 12.3 Å². The molecule has 0 radical (unpaired) electrons. The van der Waals surface area contributed by atoms with E-state index in [2.05, 4.69) is 5.32 Å². The van der Waals surface area contributed by atoms with Gasteiger partial charge in [0.05, 0.1) is 22.5 Å². The lowest BCUT2D eigenvalue weighted by atomic mass is 9.66. The van der Waals surface area contributed by atoms with Gasteiger partial charge in [0.15, 0.2) is 9.84 Å². The van der Waals surface area contributed by atoms with E-state index in [1.54, 1.807) is 36.9 Å². The fourth-order valence-electron chi connectivity index (χ4n) is 5.62. The van der Waals surface area contributed by atoms with Crippen LogP contribution in [0.15, 0.2) is 48.5 Å². The number of benzene rings is 2. The number of nitrogens with one attached hydrogen (secondary N) is 1. The molecule has 3 rings (SSSR count). The Bertz CT molecular complexity index is 1300. The minimum atomic E-state index is -3.50. The number of hydrogen-bond donors (Lipinski definition) is 1. The van der Waals surface area contributed by atoms with Crippen molar-refractivity contribution in [1.29, 1.82) is 0 Å². The number of halogens is 2. The van der Waals surface area contributed by atoms with Crippen LogP contribution in [0.1, 0.15) is 83.9 Å². The highest BCUT2D eigenvalue weighted by Gasteiger charge is 2.53. The molecule has 0 aliphatic carbocycles. The molecule has 4 atom stereocenters. The van der Waals surface area contributed by atoms with Gasteiger partial charge in [0.2, 0.25) is 11.8 Å². The highest BCUT2D eigenvalue weighted by molar-refractivity contribution is 7.92. The molecule has 1 aliphatic heterocycles. The lowest BCUT2D eigenvalue weighted by molar-refractivity contribution is -0.158. The third-order valence-corrected chi connectivity index (χ3v) is 10.7. The zero-order valence-electron chi connectivity index (χ0n) is 24.3. The Morgan fingerprint density at radius 2 is 1.70 bits per heavy atom. The molecular weight excluding hydrogens is 567 g/mol. The number of sulfone groups is 1. The first kappa shape index (κ1) is 32.4. The average molecular weight is 610 g/mol. The van der Waals surface area contributed by atoms with E-state index in [-0.39, 0.29) is 35.8 Å². The molecule has 0 aromatic heterocycles. The Morgan fingerprint density at radius 1 is 1.05 bits per heavy atom. The van der Waals surface area contributed by atoms with Crippen LogP contribution in [0.4, 0.5) is 0 Å². The van der Waals surface area contributed by atoms with Crippen molar-refractivity contribution >= 4 is 44.9 Å². The molecule has 9 heteroatoms. The summed E-state index contributed by atoms with van der Waals surface area (Å²) in [5, 5.41) is 3.47. The summed E-state index contributed by atoms with van der Waals surface area (Å²) in [6.45, 7) is 11.6. The molecule has 220 valence electrons. The molecule has 40 heavy (non-hydrogen) atoms. The summed E-state index contributed by atoms with van der Waals surface area (Å²) < 4.78 is 26.6. The predicted molar refractivity (Wildman–Crippen MR) is 163 cm³/mol. The summed E-state index contributed by atoms with van der Waals surface area (Å²) in [5.74, 6) is -0.982. The maximum absolute atomic E-state index is 14.7. The van der Waals surface area contributed by atoms with E-state index in [9.17, 15) is 18.0 Å². The SMILES string of the molecule is CCCNC(=O)C[C@@]1(C)C[C@H](c2cccc(Cl)c2)[C@@H](c2ccc(Cl)cc2)N([C@H](CS(=O)(=O)C(C)C)C(C)C)C1=O. The van der Waals surface area contributed by atoms with E-state index >= 15 is 0 Å². The Morgan fingerprint density at radius 3 is 2.25 bits per heavy atom. The van der Waals surface area contributed by atoms with Gasteiger partial charge in [0.1, 0.15) is 0 Å². The van der Waals surface area contributed by atoms with Crippen LogP contribution in [0.2, 0.25) is 10.0 Å². The Kier molecular flexibility index (Phi) is 10.7. The van der Waals surface area contributed by atoms with E-state index in [1.165, 1.54) is 0 Å². The van der Waals surface area contributed by atoms with Gasteiger partial charge in [-0.3, -0.25) is 9.59 Å². The number of likely N-dealkylation sites (tertiary alicyclic amines) is 1. The largest absolute Gasteiger partial charge is 0.356 e. The second-order valence-electron chi connectivity index (χ2n) is 11.9. The second kappa shape index (κ2) is 13.3. The highest BCUT2D eigenvalue weighted by atomic mass is 35.5. The monoisotopic (exact) mass is 608 g/mol. The van der Waals surface area contributed by atoms with Gasteiger partial charge in [-0.25, -0.2) is 8.42 Å². The quantitative estimate of drug-likeness (QED) is 0.303. The maximum atomic E-state index is 14.7. The Balaban J connectivity index is 2.27. The van der Waals surface area contributed by atoms with E-state index in [4.69, 9.17) is 23.2 Å². The smallest absolute Gasteiger partial charge is 0.229 e. The third kappa shape index (κ3) is 7.40. The van der Waals surface area contributed by atoms with Crippen molar-refractivity contribution < 1.29 is 18.0 Å². The molecular formula is C31H42Cl2N2O4S. The van der Waals surface area contributed by atoms with E-state index < -0.39 is 32.6 Å². The van der Waals surface area contributed by atoms with Crippen molar-refractivity contribution in [3.63, 3.8) is 0 Å². The number of hydrogen-bond acceptors (Lipinski definition) is 4. The van der Waals surface area contributed by atoms with Crippen molar-refractivity contribution in [3.05, 3.63) is 69.7 Å². The standard InChI is InChI=1S/C31H42Cl2N2O4S/c1-7-15-34-28(36)18-31(6)17-26(23-9-8-10-25(33)16-23)29(22-11-13-24(32)14-12-22)35(30(31)37)27(20(2)3)19-40(38,39)21(4)5/h8-14,16,20-21,26-27,29H,7,15,17-19H2,1-6H3,(H,34,36)/t26-,27-,29-,31-/m1/s1. The van der Waals surface area contributed by atoms with E-state index in [0.29, 0.717) is 23.0 Å². The first-order valence-electron chi connectivity index (χ1n) is 14.0. The summed E-state index contributed by atoms with van der Waals surface area (Å²) >= 11 is 12.7. The lowest BCUT2D eigenvalue weighted by Gasteiger charge is -2.53. The van der Waals surface area contributed by atoms with Gasteiger partial charge in [0.25, 0.3) is 0 Å². The molecule has 1 heterocycles. The zero-order valence-corrected chi connectivity index (χ0v) is 26.6. The minimum absolute atomic E-state index is 0.00842. The normalized spacial score (nSPS) is 22.6. The molecule has 6 nitrogen and oxygen atoms in total. The minimum Gasteiger partial charge on any atom is -0.356 e. The van der Waals surface area contributed by atoms with Gasteiger partial charge in [0, 0.05) is 35.0 Å². The summed E-state index contributed by atoms with van der Waals surface area (Å²) in [7, 11) is -3.50. The number of amides is 2. The highest BCUT2D eigenvalue weighted by Crippen LogP contribution is 2.52. The van der Waals surface area contributed by atoms with Gasteiger partial charge in [-0.2, -0.15) is 0 Å². The number of piperidine rings is 1. The fraction of sp³-hybridized carbons (Fsp3) is 0.548. The first-order valence-corrected chi connectivity index (χ1v) is 16.5. The molecule has 0 spiro atoms. The van der Waals surface area contributed by atoms with E-state index in [1.807, 2.05) is 58.0 Å². The van der Waals surface area contributed by atoms with Crippen LogP contribution in [0.5, 0.6) is 0 Å². The fourth-order valence-corrected chi connectivity index (χ4v) is 7.35. The maximum Gasteiger partial charge on any atom is 0.229 e. The zero-order chi connectivity index (χ0) is 29.8. The topological polar surface area (TPSA) is 83.6 Å². The average Bonchev–Trinajstić information content (AvgIpc) is 2.88. The molecule has 2 amide bonds. The number of carbonyl (C=O) groups is 2. The lowest BCUT2D eigenvalue weighted by Crippen LogP contribution is -2.59. The summed E-state index contributed by atoms with van der Waals surface area (Å²) in [5.41, 5.74) is 0.731. The number of nitrogens with zero attached hydrogens (tertiary/aromatic N) is 1. The molecule has 0 saturated carbocycles. The molecule has 1 saturated heterocycles. The van der Waals surface area contributed by atoms with Crippen molar-refractivity contribution in [2.45, 2.75) is 84.1 Å². The molecule has 0 unspecified atom stereocenters. The number of carbonyl (C=O) groups excluding carboxylic acids is 2. The molecule has 1 N–H and O–H groups in total. The summed E-state index contributed by atoms with van der Waals surface area (Å²) in [6, 6.07) is 13.8. The summed E-state index contributed by atoms with van der Waals surface area (Å²) in [6.07, 6.45) is 1.19. The van der Waals surface area contributed by atoms with Crippen LogP contribution in [0.25, 0.3) is 0 Å². The molecule has 2 aromatic carbocycles. The molecule has 1 aliphatic rings. The Labute approximate surface area is 249 Å². The van der Waals surface area contributed by atoms with Crippen LogP contribution in [-0.2, 0) is 19.4 Å². The second-order valence-corrected chi connectivity index (χ2v) is 15.3. The molecule has 1 fully saturated rings. The van der Waals surface area contributed by atoms with Crippen molar-refractivity contribution in [3.8, 4) is 0 Å². The van der Waals surface area contributed by atoms with Gasteiger partial charge in [-0.15, -0.1) is 0 Å². The molecule has 2 aromatic rings. The first-order chi connectivity index (χ1) is 18.7. The van der Waals surface area contributed by atoms with E-state index in [0.717, 1.165) is 17.5 Å². The van der Waals surface area contributed by atoms with Gasteiger partial charge in [-0.05, 0) is 68.0 Å². The van der Waals surface area contributed by atoms with Crippen molar-refractivity contribution in [2.24, 2.45) is 11.3 Å². The Hall–Kier alpha value is -2.09. The van der Waals surface area contributed by atoms with Crippen LogP contribution in [0.3, 0.4) is 0 Å². The van der Waals surface area contributed by atoms with Gasteiger partial charge >= 0.3 is 0 Å². The number of rotatable bonds is 11. The van der Waals surface area contributed by atoms with Crippen LogP contribution in [-0.4, -0.2) is 48.7 Å².